The number of halogens is 1. The third-order valence-corrected chi connectivity index (χ3v) is 3.21. The van der Waals surface area contributed by atoms with Gasteiger partial charge in [-0.2, -0.15) is 0 Å². The lowest BCUT2D eigenvalue weighted by molar-refractivity contribution is -0.136. The summed E-state index contributed by atoms with van der Waals surface area (Å²) in [5.74, 6) is -0.288. The molecule has 0 saturated carbocycles. The highest BCUT2D eigenvalue weighted by Crippen LogP contribution is 2.33. The zero-order valence-corrected chi connectivity index (χ0v) is 11.0. The fourth-order valence-electron chi connectivity index (χ4n) is 2.09. The molecule has 1 heterocycles. The largest absolute Gasteiger partial charge is 0.495 e. The zero-order valence-electron chi connectivity index (χ0n) is 10.2. The number of carboxylic acid groups (broad SMARTS) is 1. The van der Waals surface area contributed by atoms with Crippen molar-refractivity contribution in [3.05, 3.63) is 28.9 Å². The van der Waals surface area contributed by atoms with Crippen molar-refractivity contribution in [2.45, 2.75) is 19.9 Å². The Morgan fingerprint density at radius 2 is 2.22 bits per heavy atom. The number of methoxy groups -OCH3 is 1. The average molecular weight is 268 g/mol. The Morgan fingerprint density at radius 1 is 1.50 bits per heavy atom. The zero-order chi connectivity index (χ0) is 13.3. The summed E-state index contributed by atoms with van der Waals surface area (Å²) in [7, 11) is 1.54. The summed E-state index contributed by atoms with van der Waals surface area (Å²) in [6.07, 6.45) is 1.85. The molecule has 1 aromatic heterocycles. The minimum Gasteiger partial charge on any atom is -0.495 e. The molecule has 96 valence electrons. The molecule has 0 aliphatic rings. The van der Waals surface area contributed by atoms with E-state index in [9.17, 15) is 4.79 Å². The van der Waals surface area contributed by atoms with Crippen LogP contribution in [0, 0.1) is 0 Å². The van der Waals surface area contributed by atoms with Crippen LogP contribution in [0.2, 0.25) is 5.02 Å². The van der Waals surface area contributed by atoms with Crippen LogP contribution in [0.3, 0.4) is 0 Å². The molecular weight excluding hydrogens is 254 g/mol. The molecule has 0 bridgehead atoms. The van der Waals surface area contributed by atoms with E-state index in [1.165, 1.54) is 0 Å². The van der Waals surface area contributed by atoms with E-state index >= 15 is 0 Å². The monoisotopic (exact) mass is 267 g/mol. The summed E-state index contributed by atoms with van der Waals surface area (Å²) in [5, 5.41) is 10.3. The van der Waals surface area contributed by atoms with Crippen LogP contribution >= 0.6 is 11.6 Å². The number of nitrogens with zero attached hydrogens (tertiary/aromatic N) is 1. The van der Waals surface area contributed by atoms with E-state index in [1.54, 1.807) is 13.2 Å². The summed E-state index contributed by atoms with van der Waals surface area (Å²) in [6.45, 7) is 2.76. The van der Waals surface area contributed by atoms with Crippen LogP contribution in [-0.2, 0) is 17.8 Å². The molecule has 1 aromatic carbocycles. The number of hydrogen-bond donors (Lipinski definition) is 1. The predicted molar refractivity (Wildman–Crippen MR) is 70.5 cm³/mol. The van der Waals surface area contributed by atoms with Gasteiger partial charge in [-0.25, -0.2) is 0 Å². The number of carbonyl (C=O) groups is 1. The number of ether oxygens (including phenoxy) is 1. The third-order valence-electron chi connectivity index (χ3n) is 2.92. The van der Waals surface area contributed by atoms with Crippen LogP contribution < -0.4 is 4.74 Å². The maximum absolute atomic E-state index is 10.9. The second kappa shape index (κ2) is 4.90. The highest BCUT2D eigenvalue weighted by molar-refractivity contribution is 6.32. The molecule has 0 radical (unpaired) electrons. The van der Waals surface area contributed by atoms with Gasteiger partial charge >= 0.3 is 5.97 Å². The minimum absolute atomic E-state index is 0.00567. The SMILES string of the molecule is CCn1cc(CC(=O)O)c2cc(OC)c(Cl)cc21. The first kappa shape index (κ1) is 12.8. The Balaban J connectivity index is 2.68. The van der Waals surface area contributed by atoms with Gasteiger partial charge in [-0.15, -0.1) is 0 Å². The summed E-state index contributed by atoms with van der Waals surface area (Å²) < 4.78 is 7.15. The van der Waals surface area contributed by atoms with Crippen LogP contribution in [0.4, 0.5) is 0 Å². The molecule has 1 N–H and O–H groups in total. The molecule has 0 atom stereocenters. The van der Waals surface area contributed by atoms with Crippen molar-refractivity contribution < 1.29 is 14.6 Å². The summed E-state index contributed by atoms with van der Waals surface area (Å²) in [5.41, 5.74) is 1.70. The molecule has 0 amide bonds. The van der Waals surface area contributed by atoms with Crippen molar-refractivity contribution in [3.8, 4) is 5.75 Å². The highest BCUT2D eigenvalue weighted by Gasteiger charge is 2.13. The topological polar surface area (TPSA) is 51.5 Å². The van der Waals surface area contributed by atoms with Gasteiger partial charge in [0, 0.05) is 18.1 Å². The second-order valence-electron chi connectivity index (χ2n) is 4.01. The van der Waals surface area contributed by atoms with Gasteiger partial charge in [0.05, 0.1) is 24.1 Å². The number of aryl methyl sites for hydroxylation is 1. The van der Waals surface area contributed by atoms with Gasteiger partial charge in [-0.3, -0.25) is 4.79 Å². The van der Waals surface area contributed by atoms with Crippen molar-refractivity contribution in [2.75, 3.05) is 7.11 Å². The standard InChI is InChI=1S/C13H14ClNO3/c1-3-15-7-8(4-13(16)17)9-5-12(18-2)10(14)6-11(9)15/h5-7H,3-4H2,1-2H3,(H,16,17). The Hall–Kier alpha value is -1.68. The van der Waals surface area contributed by atoms with E-state index in [0.717, 1.165) is 23.0 Å². The molecule has 5 heteroatoms. The van der Waals surface area contributed by atoms with Gasteiger partial charge in [0.2, 0.25) is 0 Å². The lowest BCUT2D eigenvalue weighted by Gasteiger charge is -2.05. The molecule has 2 rings (SSSR count). The molecule has 0 unspecified atom stereocenters. The van der Waals surface area contributed by atoms with Gasteiger partial charge in [0.1, 0.15) is 5.75 Å². The maximum atomic E-state index is 10.9. The second-order valence-corrected chi connectivity index (χ2v) is 4.42. The smallest absolute Gasteiger partial charge is 0.307 e. The summed E-state index contributed by atoms with van der Waals surface area (Å²) in [4.78, 5) is 10.9. The number of aliphatic carboxylic acids is 1. The van der Waals surface area contributed by atoms with Crippen LogP contribution in [0.1, 0.15) is 12.5 Å². The first-order chi connectivity index (χ1) is 8.56. The van der Waals surface area contributed by atoms with Gasteiger partial charge in [-0.1, -0.05) is 11.6 Å². The van der Waals surface area contributed by atoms with Gasteiger partial charge in [0.25, 0.3) is 0 Å². The Morgan fingerprint density at radius 3 is 2.78 bits per heavy atom. The van der Waals surface area contributed by atoms with Crippen LogP contribution in [0.25, 0.3) is 10.9 Å². The molecule has 2 aromatic rings. The molecule has 0 fully saturated rings. The number of rotatable bonds is 4. The van der Waals surface area contributed by atoms with Crippen molar-refractivity contribution >= 4 is 28.5 Å². The number of benzene rings is 1. The van der Waals surface area contributed by atoms with E-state index < -0.39 is 5.97 Å². The van der Waals surface area contributed by atoms with Gasteiger partial charge in [0.15, 0.2) is 0 Å². The number of hydrogen-bond acceptors (Lipinski definition) is 2. The Bertz CT molecular complexity index is 604. The van der Waals surface area contributed by atoms with Crippen LogP contribution in [-0.4, -0.2) is 22.8 Å². The average Bonchev–Trinajstić information content (AvgIpc) is 2.65. The first-order valence-corrected chi connectivity index (χ1v) is 6.01. The van der Waals surface area contributed by atoms with Crippen LogP contribution in [0.5, 0.6) is 5.75 Å². The van der Waals surface area contributed by atoms with E-state index in [4.69, 9.17) is 21.4 Å². The molecule has 18 heavy (non-hydrogen) atoms. The van der Waals surface area contributed by atoms with Crippen molar-refractivity contribution in [2.24, 2.45) is 0 Å². The summed E-state index contributed by atoms with van der Waals surface area (Å²) in [6, 6.07) is 3.60. The summed E-state index contributed by atoms with van der Waals surface area (Å²) >= 11 is 6.09. The minimum atomic E-state index is -0.848. The molecule has 0 saturated heterocycles. The number of carboxylic acids is 1. The Kier molecular flexibility index (Phi) is 3.48. The third kappa shape index (κ3) is 2.16. The van der Waals surface area contributed by atoms with Gasteiger partial charge < -0.3 is 14.4 Å². The van der Waals surface area contributed by atoms with Crippen molar-refractivity contribution in [1.29, 1.82) is 0 Å². The number of fused-ring (bicyclic) bond motifs is 1. The molecular formula is C13H14ClNO3. The maximum Gasteiger partial charge on any atom is 0.307 e. The van der Waals surface area contributed by atoms with E-state index in [-0.39, 0.29) is 6.42 Å². The van der Waals surface area contributed by atoms with Crippen LogP contribution in [0.15, 0.2) is 18.3 Å². The fraction of sp³-hybridized carbons (Fsp3) is 0.308. The fourth-order valence-corrected chi connectivity index (χ4v) is 2.32. The molecule has 0 aliphatic carbocycles. The molecule has 0 spiro atoms. The first-order valence-electron chi connectivity index (χ1n) is 5.63. The van der Waals surface area contributed by atoms with Gasteiger partial charge in [-0.05, 0) is 24.6 Å². The number of aromatic nitrogens is 1. The predicted octanol–water partition coefficient (Wildman–Crippen LogP) is 2.95. The lowest BCUT2D eigenvalue weighted by atomic mass is 10.1. The van der Waals surface area contributed by atoms with Crippen molar-refractivity contribution in [3.63, 3.8) is 0 Å². The van der Waals surface area contributed by atoms with E-state index in [1.807, 2.05) is 23.8 Å². The quantitative estimate of drug-likeness (QED) is 0.927. The molecule has 4 nitrogen and oxygen atoms in total. The van der Waals surface area contributed by atoms with Crippen molar-refractivity contribution in [1.82, 2.24) is 4.57 Å². The Labute approximate surface area is 110 Å². The van der Waals surface area contributed by atoms with E-state index in [2.05, 4.69) is 0 Å². The highest BCUT2D eigenvalue weighted by atomic mass is 35.5. The molecule has 0 aliphatic heterocycles. The lowest BCUT2D eigenvalue weighted by Crippen LogP contribution is -1.99. The van der Waals surface area contributed by atoms with E-state index in [0.29, 0.717) is 10.8 Å². The normalized spacial score (nSPS) is 10.8.